The molecule has 6 heteroatoms. The Balaban J connectivity index is 3.77. The molecule has 0 fully saturated rings. The van der Waals surface area contributed by atoms with Crippen LogP contribution in [-0.2, 0) is 14.2 Å². The van der Waals surface area contributed by atoms with Gasteiger partial charge in [0.15, 0.2) is 0 Å². The quantitative estimate of drug-likeness (QED) is 0.605. The fourth-order valence-electron chi connectivity index (χ4n) is 1.69. The molecule has 0 heterocycles. The van der Waals surface area contributed by atoms with Crippen molar-refractivity contribution in [2.75, 3.05) is 26.3 Å². The summed E-state index contributed by atoms with van der Waals surface area (Å²) in [5.41, 5.74) is 4.70. The van der Waals surface area contributed by atoms with Crippen LogP contribution in [0.3, 0.4) is 0 Å². The van der Waals surface area contributed by atoms with E-state index in [4.69, 9.17) is 19.9 Å². The number of alkyl carbamates (subject to hydrolysis) is 1. The Labute approximate surface area is 135 Å². The van der Waals surface area contributed by atoms with Crippen LogP contribution >= 0.6 is 0 Å². The van der Waals surface area contributed by atoms with Crippen molar-refractivity contribution in [3.8, 4) is 0 Å². The smallest absolute Gasteiger partial charge is 0.407 e. The maximum absolute atomic E-state index is 11.5. The highest BCUT2D eigenvalue weighted by molar-refractivity contribution is 5.67. The van der Waals surface area contributed by atoms with E-state index in [0.29, 0.717) is 26.3 Å². The largest absolute Gasteiger partial charge is 0.444 e. The Morgan fingerprint density at radius 1 is 1.18 bits per heavy atom. The second-order valence-electron chi connectivity index (χ2n) is 7.05. The lowest BCUT2D eigenvalue weighted by atomic mass is 10.1. The van der Waals surface area contributed by atoms with Gasteiger partial charge < -0.3 is 25.3 Å². The molecule has 0 aliphatic heterocycles. The Bertz CT molecular complexity index is 314. The first-order chi connectivity index (χ1) is 10.1. The van der Waals surface area contributed by atoms with E-state index in [2.05, 4.69) is 5.32 Å². The number of nitrogens with one attached hydrogen (secondary N) is 1. The maximum atomic E-state index is 11.5. The normalized spacial score (nSPS) is 13.8. The van der Waals surface area contributed by atoms with Gasteiger partial charge in [-0.3, -0.25) is 0 Å². The summed E-state index contributed by atoms with van der Waals surface area (Å²) < 4.78 is 16.6. The highest BCUT2D eigenvalue weighted by Crippen LogP contribution is 2.15. The van der Waals surface area contributed by atoms with Crippen LogP contribution in [0.15, 0.2) is 0 Å². The van der Waals surface area contributed by atoms with Crippen molar-refractivity contribution in [3.05, 3.63) is 0 Å². The van der Waals surface area contributed by atoms with Gasteiger partial charge in [-0.25, -0.2) is 4.79 Å². The van der Waals surface area contributed by atoms with Crippen LogP contribution in [0.2, 0.25) is 0 Å². The molecular weight excluding hydrogens is 284 g/mol. The van der Waals surface area contributed by atoms with Gasteiger partial charge in [0.25, 0.3) is 0 Å². The number of hydrogen-bond acceptors (Lipinski definition) is 5. The van der Waals surface area contributed by atoms with Gasteiger partial charge in [0.1, 0.15) is 5.60 Å². The zero-order valence-electron chi connectivity index (χ0n) is 15.0. The molecule has 0 aliphatic carbocycles. The minimum atomic E-state index is -0.484. The molecule has 1 atom stereocenters. The van der Waals surface area contributed by atoms with Crippen LogP contribution in [0.5, 0.6) is 0 Å². The number of ether oxygens (including phenoxy) is 3. The van der Waals surface area contributed by atoms with Gasteiger partial charge in [-0.1, -0.05) is 0 Å². The lowest BCUT2D eigenvalue weighted by Gasteiger charge is -2.26. The van der Waals surface area contributed by atoms with Crippen molar-refractivity contribution in [1.82, 2.24) is 5.32 Å². The van der Waals surface area contributed by atoms with E-state index in [1.54, 1.807) is 0 Å². The summed E-state index contributed by atoms with van der Waals surface area (Å²) >= 11 is 0. The Hall–Kier alpha value is -0.850. The fourth-order valence-corrected chi connectivity index (χ4v) is 1.69. The molecule has 6 nitrogen and oxygen atoms in total. The molecule has 3 N–H and O–H groups in total. The van der Waals surface area contributed by atoms with Crippen LogP contribution in [-0.4, -0.2) is 49.7 Å². The Morgan fingerprint density at radius 2 is 1.82 bits per heavy atom. The highest BCUT2D eigenvalue weighted by atomic mass is 16.6. The molecule has 0 rings (SSSR count). The van der Waals surface area contributed by atoms with E-state index in [1.165, 1.54) is 0 Å². The predicted octanol–water partition coefficient (Wildman–Crippen LogP) is 2.45. The summed E-state index contributed by atoms with van der Waals surface area (Å²) in [5, 5.41) is 2.67. The van der Waals surface area contributed by atoms with Crippen LogP contribution < -0.4 is 11.1 Å². The van der Waals surface area contributed by atoms with Gasteiger partial charge in [0.05, 0.1) is 18.3 Å². The number of amides is 1. The van der Waals surface area contributed by atoms with Crippen LogP contribution in [0.25, 0.3) is 0 Å². The third kappa shape index (κ3) is 12.9. The van der Waals surface area contributed by atoms with Crippen molar-refractivity contribution in [3.63, 3.8) is 0 Å². The SMILES string of the molecule is CC(CCN)OCCC(C)(C)OCCNC(=O)OC(C)(C)C. The maximum Gasteiger partial charge on any atom is 0.407 e. The van der Waals surface area contributed by atoms with Crippen LogP contribution in [0, 0.1) is 0 Å². The fraction of sp³-hybridized carbons (Fsp3) is 0.938. The zero-order chi connectivity index (χ0) is 17.2. The Morgan fingerprint density at radius 3 is 2.36 bits per heavy atom. The third-order valence-electron chi connectivity index (χ3n) is 2.94. The van der Waals surface area contributed by atoms with E-state index in [0.717, 1.165) is 12.8 Å². The van der Waals surface area contributed by atoms with Gasteiger partial charge in [0, 0.05) is 13.2 Å². The molecular formula is C16H34N2O4. The molecule has 0 spiro atoms. The summed E-state index contributed by atoms with van der Waals surface area (Å²) in [6.45, 7) is 13.7. The van der Waals surface area contributed by atoms with Crippen molar-refractivity contribution in [1.29, 1.82) is 0 Å². The molecule has 0 aliphatic rings. The molecule has 1 amide bonds. The highest BCUT2D eigenvalue weighted by Gasteiger charge is 2.19. The molecule has 0 aromatic rings. The van der Waals surface area contributed by atoms with E-state index in [9.17, 15) is 4.79 Å². The first kappa shape index (κ1) is 21.1. The molecule has 0 saturated heterocycles. The second kappa shape index (κ2) is 10.0. The summed E-state index contributed by atoms with van der Waals surface area (Å²) in [6.07, 6.45) is 1.40. The van der Waals surface area contributed by atoms with Gasteiger partial charge in [-0.2, -0.15) is 0 Å². The van der Waals surface area contributed by atoms with Crippen molar-refractivity contribution in [2.45, 2.75) is 71.7 Å². The van der Waals surface area contributed by atoms with Crippen LogP contribution in [0.4, 0.5) is 4.79 Å². The predicted molar refractivity (Wildman–Crippen MR) is 88.0 cm³/mol. The number of rotatable bonds is 10. The standard InChI is InChI=1S/C16H34N2O4/c1-13(7-9-17)20-11-8-16(5,6)21-12-10-18-14(19)22-15(2,3)4/h13H,7-12,17H2,1-6H3,(H,18,19). The van der Waals surface area contributed by atoms with E-state index in [1.807, 2.05) is 41.5 Å². The molecule has 0 radical (unpaired) electrons. The summed E-state index contributed by atoms with van der Waals surface area (Å²) in [4.78, 5) is 11.5. The minimum Gasteiger partial charge on any atom is -0.444 e. The Kier molecular flexibility index (Phi) is 9.64. The number of carbonyl (C=O) groups excluding carboxylic acids is 1. The van der Waals surface area contributed by atoms with Crippen LogP contribution in [0.1, 0.15) is 54.4 Å². The van der Waals surface area contributed by atoms with Gasteiger partial charge >= 0.3 is 6.09 Å². The molecule has 0 aromatic heterocycles. The number of hydrogen-bond donors (Lipinski definition) is 2. The molecule has 132 valence electrons. The summed E-state index contributed by atoms with van der Waals surface area (Å²) in [5.74, 6) is 0. The van der Waals surface area contributed by atoms with E-state index < -0.39 is 11.7 Å². The molecule has 22 heavy (non-hydrogen) atoms. The molecule has 0 bridgehead atoms. The lowest BCUT2D eigenvalue weighted by molar-refractivity contribution is -0.0485. The van der Waals surface area contributed by atoms with Gasteiger partial charge in [-0.05, 0) is 60.9 Å². The lowest BCUT2D eigenvalue weighted by Crippen LogP contribution is -2.36. The molecule has 0 saturated carbocycles. The van der Waals surface area contributed by atoms with Crippen molar-refractivity contribution >= 4 is 6.09 Å². The average Bonchev–Trinajstić information content (AvgIpc) is 2.32. The van der Waals surface area contributed by atoms with Crippen molar-refractivity contribution < 1.29 is 19.0 Å². The second-order valence-corrected chi connectivity index (χ2v) is 7.05. The third-order valence-corrected chi connectivity index (χ3v) is 2.94. The average molecular weight is 318 g/mol. The van der Waals surface area contributed by atoms with E-state index in [-0.39, 0.29) is 11.7 Å². The van der Waals surface area contributed by atoms with E-state index >= 15 is 0 Å². The van der Waals surface area contributed by atoms with Gasteiger partial charge in [-0.15, -0.1) is 0 Å². The number of carbonyl (C=O) groups is 1. The molecule has 1 unspecified atom stereocenters. The first-order valence-electron chi connectivity index (χ1n) is 7.98. The zero-order valence-corrected chi connectivity index (χ0v) is 15.0. The molecule has 0 aromatic carbocycles. The first-order valence-corrected chi connectivity index (χ1v) is 7.98. The monoisotopic (exact) mass is 318 g/mol. The topological polar surface area (TPSA) is 82.8 Å². The summed E-state index contributed by atoms with van der Waals surface area (Å²) in [6, 6.07) is 0. The van der Waals surface area contributed by atoms with Gasteiger partial charge in [0.2, 0.25) is 0 Å². The minimum absolute atomic E-state index is 0.176. The number of nitrogens with two attached hydrogens (primary N) is 1. The summed E-state index contributed by atoms with van der Waals surface area (Å²) in [7, 11) is 0. The van der Waals surface area contributed by atoms with Crippen molar-refractivity contribution in [2.24, 2.45) is 5.73 Å².